The van der Waals surface area contributed by atoms with Crippen LogP contribution in [0.4, 0.5) is 11.6 Å². The van der Waals surface area contributed by atoms with Crippen molar-refractivity contribution in [1.29, 1.82) is 0 Å². The lowest BCUT2D eigenvalue weighted by atomic mass is 10.0. The second kappa shape index (κ2) is 7.17. The van der Waals surface area contributed by atoms with Crippen molar-refractivity contribution in [2.45, 2.75) is 0 Å². The molecular weight excluding hydrogens is 342 g/mol. The number of fused-ring (bicyclic) bond motifs is 1. The first kappa shape index (κ1) is 16.5. The number of pyridine rings is 1. The Hall–Kier alpha value is -2.64. The number of benzene rings is 1. The number of anilines is 2. The molecule has 2 aromatic heterocycles. The second-order valence-electron chi connectivity index (χ2n) is 6.94. The molecule has 2 saturated heterocycles. The number of H-pyrrole nitrogens is 1. The molecule has 0 radical (unpaired) electrons. The van der Waals surface area contributed by atoms with Crippen LogP contribution in [0.15, 0.2) is 36.5 Å². The predicted octanol–water partition coefficient (Wildman–Crippen LogP) is 2.30. The molecule has 0 bridgehead atoms. The Morgan fingerprint density at radius 1 is 0.778 bits per heavy atom. The van der Waals surface area contributed by atoms with Crippen LogP contribution in [0.3, 0.4) is 0 Å². The zero-order valence-electron chi connectivity index (χ0n) is 15.2. The van der Waals surface area contributed by atoms with Gasteiger partial charge in [-0.05, 0) is 35.4 Å². The number of aromatic nitrogens is 3. The Morgan fingerprint density at radius 2 is 1.41 bits per heavy atom. The first-order valence-electron chi connectivity index (χ1n) is 9.48. The summed E-state index contributed by atoms with van der Waals surface area (Å²) in [6.45, 7) is 6.50. The summed E-state index contributed by atoms with van der Waals surface area (Å²) >= 11 is 0. The summed E-state index contributed by atoms with van der Waals surface area (Å²) in [5.74, 6) is 2.04. The molecule has 7 nitrogen and oxygen atoms in total. The van der Waals surface area contributed by atoms with E-state index in [1.165, 1.54) is 11.1 Å². The number of hydrogen-bond donors (Lipinski definition) is 1. The molecule has 0 aliphatic carbocycles. The molecule has 27 heavy (non-hydrogen) atoms. The van der Waals surface area contributed by atoms with Crippen molar-refractivity contribution in [2.24, 2.45) is 0 Å². The Morgan fingerprint density at radius 3 is 2.04 bits per heavy atom. The smallest absolute Gasteiger partial charge is 0.131 e. The van der Waals surface area contributed by atoms with Gasteiger partial charge in [0.25, 0.3) is 0 Å². The highest BCUT2D eigenvalue weighted by molar-refractivity contribution is 5.85. The molecule has 140 valence electrons. The van der Waals surface area contributed by atoms with Crippen molar-refractivity contribution >= 4 is 22.5 Å². The first-order chi connectivity index (χ1) is 13.4. The van der Waals surface area contributed by atoms with Gasteiger partial charge in [0.2, 0.25) is 0 Å². The zero-order chi connectivity index (χ0) is 18.1. The van der Waals surface area contributed by atoms with Crippen molar-refractivity contribution in [3.8, 4) is 11.1 Å². The van der Waals surface area contributed by atoms with E-state index >= 15 is 0 Å². The van der Waals surface area contributed by atoms with Gasteiger partial charge in [0.1, 0.15) is 11.6 Å². The molecule has 1 N–H and O–H groups in total. The molecule has 3 aromatic rings. The molecule has 0 spiro atoms. The van der Waals surface area contributed by atoms with Crippen LogP contribution in [0, 0.1) is 0 Å². The number of rotatable bonds is 3. The minimum absolute atomic E-state index is 0.750. The van der Waals surface area contributed by atoms with Gasteiger partial charge in [0.05, 0.1) is 38.1 Å². The van der Waals surface area contributed by atoms with E-state index in [9.17, 15) is 0 Å². The largest absolute Gasteiger partial charge is 0.378 e. The second-order valence-corrected chi connectivity index (χ2v) is 6.94. The molecule has 0 atom stereocenters. The van der Waals surface area contributed by atoms with Crippen molar-refractivity contribution in [1.82, 2.24) is 15.2 Å². The van der Waals surface area contributed by atoms with Gasteiger partial charge < -0.3 is 19.3 Å². The lowest BCUT2D eigenvalue weighted by Gasteiger charge is -2.32. The Balaban J connectivity index is 1.57. The van der Waals surface area contributed by atoms with Crippen LogP contribution >= 0.6 is 0 Å². The highest BCUT2D eigenvalue weighted by Gasteiger charge is 2.19. The van der Waals surface area contributed by atoms with E-state index in [2.05, 4.69) is 50.3 Å². The standard InChI is InChI=1S/C20H23N5O2/c1-2-18-17(14-21-23-18)11-15(1)16-12-19(24-3-7-26-8-4-24)22-20(13-16)25-5-9-27-10-6-25/h1-2,11-14H,3-10H2,(H,21,23). The number of aromatic amines is 1. The number of morpholine rings is 2. The summed E-state index contributed by atoms with van der Waals surface area (Å²) in [7, 11) is 0. The van der Waals surface area contributed by atoms with Crippen molar-refractivity contribution in [3.63, 3.8) is 0 Å². The van der Waals surface area contributed by atoms with Gasteiger partial charge in [-0.15, -0.1) is 0 Å². The highest BCUT2D eigenvalue weighted by atomic mass is 16.5. The summed E-state index contributed by atoms with van der Waals surface area (Å²) < 4.78 is 11.0. The fourth-order valence-corrected chi connectivity index (χ4v) is 3.70. The van der Waals surface area contributed by atoms with Crippen LogP contribution in [-0.4, -0.2) is 67.8 Å². The van der Waals surface area contributed by atoms with Crippen LogP contribution in [0.2, 0.25) is 0 Å². The molecular formula is C20H23N5O2. The number of nitrogens with zero attached hydrogens (tertiary/aromatic N) is 4. The van der Waals surface area contributed by atoms with Crippen molar-refractivity contribution < 1.29 is 9.47 Å². The molecule has 0 unspecified atom stereocenters. The third-order valence-electron chi connectivity index (χ3n) is 5.24. The average Bonchev–Trinajstić information content (AvgIpc) is 3.22. The Labute approximate surface area is 157 Å². The third kappa shape index (κ3) is 3.36. The number of ether oxygens (including phenoxy) is 2. The van der Waals surface area contributed by atoms with Gasteiger partial charge in [0.15, 0.2) is 0 Å². The molecule has 2 fully saturated rings. The van der Waals surface area contributed by atoms with E-state index in [4.69, 9.17) is 14.5 Å². The molecule has 2 aliphatic heterocycles. The molecule has 1 aromatic carbocycles. The summed E-state index contributed by atoms with van der Waals surface area (Å²) in [5, 5.41) is 8.27. The van der Waals surface area contributed by atoms with E-state index in [1.807, 2.05) is 6.20 Å². The van der Waals surface area contributed by atoms with Crippen LogP contribution in [0.1, 0.15) is 0 Å². The molecule has 2 aliphatic rings. The van der Waals surface area contributed by atoms with E-state index in [1.54, 1.807) is 0 Å². The summed E-state index contributed by atoms with van der Waals surface area (Å²) in [6, 6.07) is 10.8. The van der Waals surface area contributed by atoms with Crippen LogP contribution in [-0.2, 0) is 9.47 Å². The minimum Gasteiger partial charge on any atom is -0.378 e. The predicted molar refractivity (Wildman–Crippen MR) is 105 cm³/mol. The molecule has 5 rings (SSSR count). The Bertz CT molecular complexity index is 893. The normalized spacial score (nSPS) is 18.2. The van der Waals surface area contributed by atoms with Gasteiger partial charge in [0, 0.05) is 31.6 Å². The maximum Gasteiger partial charge on any atom is 0.131 e. The monoisotopic (exact) mass is 365 g/mol. The van der Waals surface area contributed by atoms with Crippen molar-refractivity contribution in [3.05, 3.63) is 36.5 Å². The number of nitrogens with one attached hydrogen (secondary N) is 1. The zero-order valence-corrected chi connectivity index (χ0v) is 15.2. The number of hydrogen-bond acceptors (Lipinski definition) is 6. The van der Waals surface area contributed by atoms with Crippen molar-refractivity contribution in [2.75, 3.05) is 62.4 Å². The highest BCUT2D eigenvalue weighted by Crippen LogP contribution is 2.30. The Kier molecular flexibility index (Phi) is 4.39. The fraction of sp³-hybridized carbons (Fsp3) is 0.400. The lowest BCUT2D eigenvalue weighted by Crippen LogP contribution is -2.39. The van der Waals surface area contributed by atoms with Gasteiger partial charge >= 0.3 is 0 Å². The summed E-state index contributed by atoms with van der Waals surface area (Å²) in [4.78, 5) is 9.61. The fourth-order valence-electron chi connectivity index (χ4n) is 3.70. The average molecular weight is 365 g/mol. The molecule has 7 heteroatoms. The van der Waals surface area contributed by atoms with Crippen LogP contribution < -0.4 is 9.80 Å². The van der Waals surface area contributed by atoms with E-state index in [0.717, 1.165) is 75.1 Å². The summed E-state index contributed by atoms with van der Waals surface area (Å²) in [6.07, 6.45) is 1.87. The van der Waals surface area contributed by atoms with Gasteiger partial charge in [-0.2, -0.15) is 5.10 Å². The van der Waals surface area contributed by atoms with Crippen LogP contribution in [0.5, 0.6) is 0 Å². The van der Waals surface area contributed by atoms with E-state index in [-0.39, 0.29) is 0 Å². The molecule has 0 saturated carbocycles. The van der Waals surface area contributed by atoms with Gasteiger partial charge in [-0.25, -0.2) is 4.98 Å². The molecule has 4 heterocycles. The topological polar surface area (TPSA) is 66.5 Å². The lowest BCUT2D eigenvalue weighted by molar-refractivity contribution is 0.121. The minimum atomic E-state index is 0.750. The maximum atomic E-state index is 5.52. The SMILES string of the molecule is c1cc2[nH]ncc2cc1-c1cc(N2CCOCC2)nc(N2CCOCC2)c1. The quantitative estimate of drug-likeness (QED) is 0.768. The van der Waals surface area contributed by atoms with E-state index in [0.29, 0.717) is 0 Å². The summed E-state index contributed by atoms with van der Waals surface area (Å²) in [5.41, 5.74) is 3.40. The van der Waals surface area contributed by atoms with Crippen LogP contribution in [0.25, 0.3) is 22.0 Å². The van der Waals surface area contributed by atoms with Gasteiger partial charge in [-0.3, -0.25) is 5.10 Å². The third-order valence-corrected chi connectivity index (χ3v) is 5.24. The molecule has 0 amide bonds. The van der Waals surface area contributed by atoms with E-state index < -0.39 is 0 Å². The maximum absolute atomic E-state index is 5.52. The van der Waals surface area contributed by atoms with Gasteiger partial charge in [-0.1, -0.05) is 6.07 Å². The first-order valence-corrected chi connectivity index (χ1v) is 9.48.